The van der Waals surface area contributed by atoms with E-state index in [1.807, 2.05) is 44.4 Å². The van der Waals surface area contributed by atoms with E-state index in [2.05, 4.69) is 23.4 Å². The van der Waals surface area contributed by atoms with E-state index in [4.69, 9.17) is 24.2 Å². The predicted octanol–water partition coefficient (Wildman–Crippen LogP) is 5.43. The summed E-state index contributed by atoms with van der Waals surface area (Å²) in [6.07, 6.45) is 3.73. The van der Waals surface area contributed by atoms with Crippen molar-refractivity contribution in [2.45, 2.75) is 45.1 Å². The summed E-state index contributed by atoms with van der Waals surface area (Å²) in [5.41, 5.74) is 7.98. The summed E-state index contributed by atoms with van der Waals surface area (Å²) >= 11 is 1.65. The summed E-state index contributed by atoms with van der Waals surface area (Å²) in [6, 6.07) is 5.97. The third kappa shape index (κ3) is 4.42. The molecule has 0 atom stereocenters. The number of methoxy groups -OCH3 is 3. The van der Waals surface area contributed by atoms with Gasteiger partial charge in [0.15, 0.2) is 5.16 Å². The molecule has 1 aromatic carbocycles. The van der Waals surface area contributed by atoms with Crippen molar-refractivity contribution in [3.05, 3.63) is 64.2 Å². The second-order valence-corrected chi connectivity index (χ2v) is 9.16. The summed E-state index contributed by atoms with van der Waals surface area (Å²) in [7, 11) is 5.06. The molecule has 0 bridgehead atoms. The molecule has 0 unspecified atom stereocenters. The highest BCUT2D eigenvalue weighted by molar-refractivity contribution is 7.98. The van der Waals surface area contributed by atoms with Gasteiger partial charge in [-0.1, -0.05) is 11.8 Å². The lowest BCUT2D eigenvalue weighted by molar-refractivity contribution is 0.406. The number of fused-ring (bicyclic) bond motifs is 1. The minimum absolute atomic E-state index is 0.581. The molecule has 7 nitrogen and oxygen atoms in total. The number of pyridine rings is 2. The molecule has 0 saturated heterocycles. The average molecular weight is 479 g/mol. The number of benzene rings is 1. The topological polar surface area (TPSA) is 71.3 Å². The number of nitrogens with zero attached hydrogens (tertiary/aromatic N) is 4. The number of thioether (sulfide) groups is 1. The summed E-state index contributed by atoms with van der Waals surface area (Å²) in [5, 5.41) is 0.893. The Morgan fingerprint density at radius 1 is 0.824 bits per heavy atom. The number of hydrogen-bond donors (Lipinski definition) is 0. The fourth-order valence-electron chi connectivity index (χ4n) is 4.21. The van der Waals surface area contributed by atoms with Gasteiger partial charge in [0, 0.05) is 46.5 Å². The molecule has 0 fully saturated rings. The minimum Gasteiger partial charge on any atom is -0.497 e. The zero-order chi connectivity index (χ0) is 24.4. The maximum absolute atomic E-state index is 5.63. The van der Waals surface area contributed by atoms with Crippen LogP contribution < -0.4 is 14.2 Å². The second kappa shape index (κ2) is 9.93. The molecular weight excluding hydrogens is 448 g/mol. The van der Waals surface area contributed by atoms with Gasteiger partial charge >= 0.3 is 0 Å². The van der Waals surface area contributed by atoms with Gasteiger partial charge in [-0.3, -0.25) is 9.97 Å². The van der Waals surface area contributed by atoms with E-state index < -0.39 is 0 Å². The number of hydrogen-bond acceptors (Lipinski definition) is 7. The van der Waals surface area contributed by atoms with Crippen LogP contribution in [0, 0.1) is 27.7 Å². The quantitative estimate of drug-likeness (QED) is 0.313. The van der Waals surface area contributed by atoms with Crippen LogP contribution in [-0.4, -0.2) is 40.8 Å². The molecule has 0 saturated carbocycles. The van der Waals surface area contributed by atoms with E-state index in [0.717, 1.165) is 67.1 Å². The van der Waals surface area contributed by atoms with Gasteiger partial charge in [-0.25, -0.2) is 4.98 Å². The van der Waals surface area contributed by atoms with Gasteiger partial charge in [0.05, 0.1) is 50.3 Å². The lowest BCUT2D eigenvalue weighted by Crippen LogP contribution is -2.07. The average Bonchev–Trinajstić information content (AvgIpc) is 3.17. The first-order chi connectivity index (χ1) is 16.4. The Bertz CT molecular complexity index is 1350. The van der Waals surface area contributed by atoms with E-state index in [0.29, 0.717) is 12.3 Å². The second-order valence-electron chi connectivity index (χ2n) is 8.22. The molecule has 0 aliphatic rings. The Kier molecular flexibility index (Phi) is 6.97. The minimum atomic E-state index is 0.581. The van der Waals surface area contributed by atoms with Crippen molar-refractivity contribution in [2.24, 2.45) is 0 Å². The first-order valence-corrected chi connectivity index (χ1v) is 12.0. The maximum Gasteiger partial charge on any atom is 0.169 e. The number of imidazole rings is 1. The highest BCUT2D eigenvalue weighted by Gasteiger charge is 2.18. The molecule has 8 heteroatoms. The zero-order valence-electron chi connectivity index (χ0n) is 20.7. The predicted molar refractivity (Wildman–Crippen MR) is 135 cm³/mol. The van der Waals surface area contributed by atoms with Crippen LogP contribution in [0.5, 0.6) is 17.2 Å². The highest BCUT2D eigenvalue weighted by atomic mass is 32.2. The molecule has 0 radical (unpaired) electrons. The van der Waals surface area contributed by atoms with Gasteiger partial charge in [-0.15, -0.1) is 0 Å². The van der Waals surface area contributed by atoms with Crippen LogP contribution in [0.1, 0.15) is 33.6 Å². The van der Waals surface area contributed by atoms with Crippen LogP contribution in [0.15, 0.2) is 35.7 Å². The van der Waals surface area contributed by atoms with E-state index in [9.17, 15) is 0 Å². The van der Waals surface area contributed by atoms with Gasteiger partial charge in [0.25, 0.3) is 0 Å². The van der Waals surface area contributed by atoms with Crippen molar-refractivity contribution in [2.75, 3.05) is 21.3 Å². The van der Waals surface area contributed by atoms with Crippen LogP contribution in [-0.2, 0) is 12.3 Å². The fourth-order valence-corrected chi connectivity index (χ4v) is 5.25. The molecule has 34 heavy (non-hydrogen) atoms. The first-order valence-electron chi connectivity index (χ1n) is 11.0. The van der Waals surface area contributed by atoms with Crippen molar-refractivity contribution < 1.29 is 14.2 Å². The lowest BCUT2D eigenvalue weighted by atomic mass is 10.1. The molecule has 3 aromatic heterocycles. The van der Waals surface area contributed by atoms with E-state index in [-0.39, 0.29) is 0 Å². The molecule has 0 aliphatic heterocycles. The van der Waals surface area contributed by atoms with Crippen LogP contribution in [0.4, 0.5) is 0 Å². The van der Waals surface area contributed by atoms with E-state index in [1.165, 1.54) is 0 Å². The maximum atomic E-state index is 5.63. The van der Waals surface area contributed by atoms with Crippen LogP contribution in [0.25, 0.3) is 11.0 Å². The molecule has 3 heterocycles. The Balaban J connectivity index is 1.74. The Hall–Kier alpha value is -3.26. The molecule has 0 N–H and O–H groups in total. The molecule has 0 spiro atoms. The Morgan fingerprint density at radius 2 is 1.44 bits per heavy atom. The molecule has 178 valence electrons. The van der Waals surface area contributed by atoms with Crippen molar-refractivity contribution >= 4 is 22.8 Å². The lowest BCUT2D eigenvalue weighted by Gasteiger charge is -2.15. The standard InChI is InChI=1S/C26H30N4O3S/c1-15-11-27-21(17(3)24(15)32-6)13-30-23-9-8-19(31-5)10-20(23)29-26(30)34-14-22-18(4)25(33-7)16(2)12-28-22/h8-12H,13-14H2,1-7H3. The first kappa shape index (κ1) is 23.9. The van der Waals surface area contributed by atoms with Crippen molar-refractivity contribution in [3.63, 3.8) is 0 Å². The van der Waals surface area contributed by atoms with Gasteiger partial charge in [0.2, 0.25) is 0 Å². The number of aromatic nitrogens is 4. The molecule has 4 rings (SSSR count). The van der Waals surface area contributed by atoms with Gasteiger partial charge in [0.1, 0.15) is 17.2 Å². The Morgan fingerprint density at radius 3 is 2.06 bits per heavy atom. The van der Waals surface area contributed by atoms with E-state index in [1.54, 1.807) is 33.1 Å². The largest absolute Gasteiger partial charge is 0.497 e. The van der Waals surface area contributed by atoms with Crippen molar-refractivity contribution in [3.8, 4) is 17.2 Å². The number of rotatable bonds is 8. The molecular formula is C26H30N4O3S. The van der Waals surface area contributed by atoms with Crippen LogP contribution in [0.2, 0.25) is 0 Å². The molecule has 4 aromatic rings. The van der Waals surface area contributed by atoms with Gasteiger partial charge < -0.3 is 18.8 Å². The Labute approximate surface area is 204 Å². The third-order valence-electron chi connectivity index (χ3n) is 6.07. The summed E-state index contributed by atoms with van der Waals surface area (Å²) in [6.45, 7) is 8.70. The fraction of sp³-hybridized carbons (Fsp3) is 0.346. The van der Waals surface area contributed by atoms with E-state index >= 15 is 0 Å². The van der Waals surface area contributed by atoms with Crippen molar-refractivity contribution in [1.82, 2.24) is 19.5 Å². The summed E-state index contributed by atoms with van der Waals surface area (Å²) in [5.74, 6) is 3.21. The smallest absolute Gasteiger partial charge is 0.169 e. The van der Waals surface area contributed by atoms with Gasteiger partial charge in [-0.2, -0.15) is 0 Å². The normalized spacial score (nSPS) is 11.1. The number of aryl methyl sites for hydroxylation is 2. The number of ether oxygens (including phenoxy) is 3. The molecule has 0 amide bonds. The van der Waals surface area contributed by atoms with Gasteiger partial charge in [-0.05, 0) is 39.8 Å². The van der Waals surface area contributed by atoms with Crippen molar-refractivity contribution in [1.29, 1.82) is 0 Å². The van der Waals surface area contributed by atoms with Crippen LogP contribution >= 0.6 is 11.8 Å². The zero-order valence-corrected chi connectivity index (χ0v) is 21.5. The summed E-state index contributed by atoms with van der Waals surface area (Å²) < 4.78 is 18.8. The van der Waals surface area contributed by atoms with Crippen LogP contribution in [0.3, 0.4) is 0 Å². The molecule has 0 aliphatic carbocycles. The summed E-state index contributed by atoms with van der Waals surface area (Å²) in [4.78, 5) is 14.3. The monoisotopic (exact) mass is 478 g/mol. The SMILES string of the molecule is COc1ccc2c(c1)nc(SCc1ncc(C)c(OC)c1C)n2Cc1ncc(C)c(OC)c1C. The highest BCUT2D eigenvalue weighted by Crippen LogP contribution is 2.33. The third-order valence-corrected chi connectivity index (χ3v) is 7.05.